The molecule has 5 heteroatoms. The van der Waals surface area contributed by atoms with Gasteiger partial charge in [-0.05, 0) is 29.8 Å². The van der Waals surface area contributed by atoms with Crippen molar-refractivity contribution in [2.45, 2.75) is 6.42 Å². The van der Waals surface area contributed by atoms with E-state index in [0.717, 1.165) is 22.3 Å². The number of rotatable bonds is 4. The van der Waals surface area contributed by atoms with Crippen LogP contribution in [0.4, 0.5) is 0 Å². The van der Waals surface area contributed by atoms with Crippen LogP contribution >= 0.6 is 0 Å². The minimum atomic E-state index is -0.0941. The van der Waals surface area contributed by atoms with Crippen LogP contribution in [-0.4, -0.2) is 22.7 Å². The first-order valence-corrected chi connectivity index (χ1v) is 6.61. The summed E-state index contributed by atoms with van der Waals surface area (Å²) in [6.45, 7) is 0. The van der Waals surface area contributed by atoms with Crippen LogP contribution in [0.25, 0.3) is 11.0 Å². The second-order valence-corrected chi connectivity index (χ2v) is 4.66. The molecule has 0 aliphatic carbocycles. The van der Waals surface area contributed by atoms with E-state index in [1.54, 1.807) is 18.1 Å². The molecule has 0 fully saturated rings. The fourth-order valence-electron chi connectivity index (χ4n) is 2.15. The Morgan fingerprint density at radius 1 is 1.19 bits per heavy atom. The Balaban J connectivity index is 1.71. The van der Waals surface area contributed by atoms with Gasteiger partial charge in [0.15, 0.2) is 0 Å². The Hall–Kier alpha value is -2.82. The number of hydrogen-bond acceptors (Lipinski definition) is 3. The van der Waals surface area contributed by atoms with Crippen LogP contribution in [0.3, 0.4) is 0 Å². The number of hydrogen-bond donors (Lipinski definition) is 1. The molecule has 0 radical (unpaired) electrons. The molecule has 0 saturated heterocycles. The SMILES string of the molecule is COc1ccc(CC(=O)Nn2cnc3ccccc32)cc1. The zero-order chi connectivity index (χ0) is 14.7. The maximum atomic E-state index is 12.1. The topological polar surface area (TPSA) is 56.1 Å². The third kappa shape index (κ3) is 2.86. The third-order valence-corrected chi connectivity index (χ3v) is 3.22. The lowest BCUT2D eigenvalue weighted by Crippen LogP contribution is -2.23. The Labute approximate surface area is 122 Å². The average molecular weight is 281 g/mol. The number of benzene rings is 2. The predicted molar refractivity (Wildman–Crippen MR) is 80.8 cm³/mol. The number of ether oxygens (including phenoxy) is 1. The standard InChI is InChI=1S/C16H15N3O2/c1-21-13-8-6-12(7-9-13)10-16(20)18-19-11-17-14-4-2-3-5-15(14)19/h2-9,11H,10H2,1H3,(H,18,20). The van der Waals surface area contributed by atoms with E-state index < -0.39 is 0 Å². The monoisotopic (exact) mass is 281 g/mol. The fourth-order valence-corrected chi connectivity index (χ4v) is 2.15. The number of carbonyl (C=O) groups excluding carboxylic acids is 1. The van der Waals surface area contributed by atoms with E-state index in [1.165, 1.54) is 0 Å². The summed E-state index contributed by atoms with van der Waals surface area (Å²) < 4.78 is 6.73. The molecule has 2 aromatic carbocycles. The molecular formula is C16H15N3O2. The second kappa shape index (κ2) is 5.66. The van der Waals surface area contributed by atoms with E-state index in [4.69, 9.17) is 4.74 Å². The maximum Gasteiger partial charge on any atom is 0.243 e. The van der Waals surface area contributed by atoms with Crippen molar-refractivity contribution in [1.82, 2.24) is 9.66 Å². The molecule has 0 saturated carbocycles. The first-order chi connectivity index (χ1) is 10.3. The number of fused-ring (bicyclic) bond motifs is 1. The zero-order valence-electron chi connectivity index (χ0n) is 11.6. The van der Waals surface area contributed by atoms with Gasteiger partial charge in [-0.3, -0.25) is 10.2 Å². The van der Waals surface area contributed by atoms with Crippen molar-refractivity contribution in [3.63, 3.8) is 0 Å². The molecule has 0 aliphatic heterocycles. The van der Waals surface area contributed by atoms with Crippen molar-refractivity contribution in [3.05, 3.63) is 60.4 Å². The highest BCUT2D eigenvalue weighted by molar-refractivity contribution is 5.88. The van der Waals surface area contributed by atoms with Crippen LogP contribution in [0.2, 0.25) is 0 Å². The summed E-state index contributed by atoms with van der Waals surface area (Å²) in [5.41, 5.74) is 5.48. The van der Waals surface area contributed by atoms with Gasteiger partial charge in [-0.2, -0.15) is 0 Å². The van der Waals surface area contributed by atoms with Crippen molar-refractivity contribution >= 4 is 16.9 Å². The molecule has 0 spiro atoms. The number of carbonyl (C=O) groups is 1. The summed E-state index contributed by atoms with van der Waals surface area (Å²) in [6, 6.07) is 15.1. The summed E-state index contributed by atoms with van der Waals surface area (Å²) in [7, 11) is 1.62. The van der Waals surface area contributed by atoms with Gasteiger partial charge in [-0.25, -0.2) is 9.66 Å². The summed E-state index contributed by atoms with van der Waals surface area (Å²) >= 11 is 0. The Kier molecular flexibility index (Phi) is 3.55. The van der Waals surface area contributed by atoms with Crippen molar-refractivity contribution < 1.29 is 9.53 Å². The lowest BCUT2D eigenvalue weighted by atomic mass is 10.1. The van der Waals surface area contributed by atoms with Crippen LogP contribution in [0.15, 0.2) is 54.9 Å². The van der Waals surface area contributed by atoms with Gasteiger partial charge in [-0.1, -0.05) is 24.3 Å². The average Bonchev–Trinajstić information content (AvgIpc) is 2.91. The van der Waals surface area contributed by atoms with Gasteiger partial charge < -0.3 is 4.74 Å². The Morgan fingerprint density at radius 2 is 1.95 bits per heavy atom. The van der Waals surface area contributed by atoms with Crippen LogP contribution in [0, 0.1) is 0 Å². The molecule has 0 atom stereocenters. The van der Waals surface area contributed by atoms with Crippen molar-refractivity contribution in [2.75, 3.05) is 12.5 Å². The summed E-state index contributed by atoms with van der Waals surface area (Å²) in [6.07, 6.45) is 1.91. The van der Waals surface area contributed by atoms with Gasteiger partial charge >= 0.3 is 0 Å². The van der Waals surface area contributed by atoms with Crippen molar-refractivity contribution in [1.29, 1.82) is 0 Å². The lowest BCUT2D eigenvalue weighted by molar-refractivity contribution is -0.116. The van der Waals surface area contributed by atoms with Gasteiger partial charge in [0.1, 0.15) is 12.1 Å². The molecule has 106 valence electrons. The highest BCUT2D eigenvalue weighted by Crippen LogP contribution is 2.13. The molecule has 0 unspecified atom stereocenters. The minimum Gasteiger partial charge on any atom is -0.497 e. The number of imidazole rings is 1. The van der Waals surface area contributed by atoms with E-state index in [0.29, 0.717) is 6.42 Å². The van der Waals surface area contributed by atoms with Crippen LogP contribution in [0.5, 0.6) is 5.75 Å². The first kappa shape index (κ1) is 13.2. The van der Waals surface area contributed by atoms with E-state index in [2.05, 4.69) is 10.4 Å². The summed E-state index contributed by atoms with van der Waals surface area (Å²) in [5, 5.41) is 0. The second-order valence-electron chi connectivity index (χ2n) is 4.66. The van der Waals surface area contributed by atoms with E-state index in [-0.39, 0.29) is 5.91 Å². The molecule has 1 aromatic heterocycles. The number of nitrogens with zero attached hydrogens (tertiary/aromatic N) is 2. The highest BCUT2D eigenvalue weighted by Gasteiger charge is 2.07. The van der Waals surface area contributed by atoms with Crippen LogP contribution < -0.4 is 10.2 Å². The van der Waals surface area contributed by atoms with Gasteiger partial charge in [0.05, 0.1) is 24.6 Å². The zero-order valence-corrected chi connectivity index (χ0v) is 11.6. The van der Waals surface area contributed by atoms with Gasteiger partial charge in [0, 0.05) is 0 Å². The lowest BCUT2D eigenvalue weighted by Gasteiger charge is -2.07. The molecule has 0 bridgehead atoms. The number of amides is 1. The van der Waals surface area contributed by atoms with Gasteiger partial charge in [0.25, 0.3) is 0 Å². The Morgan fingerprint density at radius 3 is 2.71 bits per heavy atom. The number of nitrogens with one attached hydrogen (secondary N) is 1. The Bertz CT molecular complexity index is 763. The van der Waals surface area contributed by atoms with E-state index >= 15 is 0 Å². The molecule has 3 aromatic rings. The summed E-state index contributed by atoms with van der Waals surface area (Å²) in [5.74, 6) is 0.683. The van der Waals surface area contributed by atoms with E-state index in [9.17, 15) is 4.79 Å². The smallest absolute Gasteiger partial charge is 0.243 e. The molecule has 1 heterocycles. The normalized spacial score (nSPS) is 10.5. The van der Waals surface area contributed by atoms with Gasteiger partial charge in [0.2, 0.25) is 5.91 Å². The third-order valence-electron chi connectivity index (χ3n) is 3.22. The number of methoxy groups -OCH3 is 1. The minimum absolute atomic E-state index is 0.0941. The number of para-hydroxylation sites is 2. The van der Waals surface area contributed by atoms with Crippen molar-refractivity contribution in [3.8, 4) is 5.75 Å². The first-order valence-electron chi connectivity index (χ1n) is 6.61. The molecule has 5 nitrogen and oxygen atoms in total. The highest BCUT2D eigenvalue weighted by atomic mass is 16.5. The fraction of sp³-hybridized carbons (Fsp3) is 0.125. The van der Waals surface area contributed by atoms with Crippen molar-refractivity contribution in [2.24, 2.45) is 0 Å². The quantitative estimate of drug-likeness (QED) is 0.798. The van der Waals surface area contributed by atoms with Gasteiger partial charge in [-0.15, -0.1) is 0 Å². The largest absolute Gasteiger partial charge is 0.497 e. The molecule has 1 N–H and O–H groups in total. The van der Waals surface area contributed by atoms with Crippen LogP contribution in [0.1, 0.15) is 5.56 Å². The summed E-state index contributed by atoms with van der Waals surface area (Å²) in [4.78, 5) is 16.3. The van der Waals surface area contributed by atoms with E-state index in [1.807, 2.05) is 48.5 Å². The predicted octanol–water partition coefficient (Wildman–Crippen LogP) is 2.36. The van der Waals surface area contributed by atoms with Crippen LogP contribution in [-0.2, 0) is 11.2 Å². The molecule has 3 rings (SSSR count). The number of aromatic nitrogens is 2. The molecule has 21 heavy (non-hydrogen) atoms. The molecule has 1 amide bonds. The molecule has 0 aliphatic rings. The maximum absolute atomic E-state index is 12.1. The molecular weight excluding hydrogens is 266 g/mol.